The Morgan fingerprint density at radius 2 is 1.90 bits per heavy atom. The molecule has 0 aromatic rings. The van der Waals surface area contributed by atoms with Crippen LogP contribution in [-0.2, 0) is 23.7 Å². The first-order valence-corrected chi connectivity index (χ1v) is 7.51. The van der Waals surface area contributed by atoms with Crippen LogP contribution < -0.4 is 5.32 Å². The van der Waals surface area contributed by atoms with Crippen LogP contribution in [-0.4, -0.2) is 64.8 Å². The fourth-order valence-electron chi connectivity index (χ4n) is 2.19. The van der Waals surface area contributed by atoms with Crippen molar-refractivity contribution in [2.45, 2.75) is 45.3 Å². The first-order valence-electron chi connectivity index (χ1n) is 7.51. The second kappa shape index (κ2) is 11.9. The topological polar surface area (TPSA) is 66.0 Å². The van der Waals surface area contributed by atoms with Gasteiger partial charge in [0.1, 0.15) is 5.54 Å². The number of ether oxygens (including phenoxy) is 4. The van der Waals surface area contributed by atoms with Crippen molar-refractivity contribution in [1.29, 1.82) is 0 Å². The van der Waals surface area contributed by atoms with Crippen LogP contribution in [0, 0.1) is 0 Å². The third kappa shape index (κ3) is 9.03. The van der Waals surface area contributed by atoms with Gasteiger partial charge in [0.05, 0.1) is 26.4 Å². The summed E-state index contributed by atoms with van der Waals surface area (Å²) < 4.78 is 20.9. The molecule has 0 aromatic carbocycles. The number of methoxy groups -OCH3 is 2. The van der Waals surface area contributed by atoms with Crippen LogP contribution >= 0.6 is 0 Å². The maximum absolute atomic E-state index is 11.9. The molecule has 21 heavy (non-hydrogen) atoms. The van der Waals surface area contributed by atoms with Crippen molar-refractivity contribution in [3.8, 4) is 0 Å². The number of carbonyl (C=O) groups excluding carboxylic acids is 1. The van der Waals surface area contributed by atoms with E-state index in [0.717, 1.165) is 6.42 Å². The lowest BCUT2D eigenvalue weighted by atomic mass is 9.94. The summed E-state index contributed by atoms with van der Waals surface area (Å²) in [5.41, 5.74) is -0.720. The molecule has 0 bridgehead atoms. The maximum Gasteiger partial charge on any atom is 0.325 e. The SMILES string of the molecule is CCNC(C)(CC(C)OCCOCCCOC)C(=O)OC. The van der Waals surface area contributed by atoms with Gasteiger partial charge in [-0.2, -0.15) is 0 Å². The highest BCUT2D eigenvalue weighted by Gasteiger charge is 2.35. The summed E-state index contributed by atoms with van der Waals surface area (Å²) in [5, 5.41) is 3.17. The van der Waals surface area contributed by atoms with Gasteiger partial charge in [0.15, 0.2) is 0 Å². The summed E-state index contributed by atoms with van der Waals surface area (Å²) >= 11 is 0. The molecule has 0 saturated heterocycles. The molecule has 0 heterocycles. The molecule has 0 fully saturated rings. The molecule has 2 unspecified atom stereocenters. The summed E-state index contributed by atoms with van der Waals surface area (Å²) in [5.74, 6) is -0.268. The van der Waals surface area contributed by atoms with E-state index in [0.29, 0.717) is 39.4 Å². The van der Waals surface area contributed by atoms with E-state index in [2.05, 4.69) is 5.32 Å². The average molecular weight is 305 g/mol. The van der Waals surface area contributed by atoms with Gasteiger partial charge in [-0.1, -0.05) is 6.92 Å². The molecule has 0 rings (SSSR count). The van der Waals surface area contributed by atoms with E-state index in [1.165, 1.54) is 7.11 Å². The molecule has 0 aliphatic heterocycles. The predicted molar refractivity (Wildman–Crippen MR) is 81.4 cm³/mol. The second-order valence-electron chi connectivity index (χ2n) is 5.20. The van der Waals surface area contributed by atoms with Crippen LogP contribution in [0.4, 0.5) is 0 Å². The van der Waals surface area contributed by atoms with Gasteiger partial charge in [-0.05, 0) is 26.8 Å². The zero-order chi connectivity index (χ0) is 16.1. The van der Waals surface area contributed by atoms with Crippen molar-refractivity contribution in [2.75, 3.05) is 47.2 Å². The summed E-state index contributed by atoms with van der Waals surface area (Å²) in [4.78, 5) is 11.9. The molecule has 0 aliphatic rings. The van der Waals surface area contributed by atoms with Gasteiger partial charge in [0, 0.05) is 26.7 Å². The normalized spacial score (nSPS) is 15.5. The maximum atomic E-state index is 11.9. The molecule has 0 saturated carbocycles. The zero-order valence-corrected chi connectivity index (χ0v) is 14.1. The van der Waals surface area contributed by atoms with E-state index in [9.17, 15) is 4.79 Å². The fraction of sp³-hybridized carbons (Fsp3) is 0.933. The predicted octanol–water partition coefficient (Wildman–Crippen LogP) is 1.38. The Labute approximate surface area is 128 Å². The molecule has 6 heteroatoms. The third-order valence-electron chi connectivity index (χ3n) is 3.17. The molecule has 0 spiro atoms. The van der Waals surface area contributed by atoms with E-state index < -0.39 is 5.54 Å². The van der Waals surface area contributed by atoms with Gasteiger partial charge >= 0.3 is 5.97 Å². The number of rotatable bonds is 13. The smallest absolute Gasteiger partial charge is 0.325 e. The van der Waals surface area contributed by atoms with Gasteiger partial charge in [0.2, 0.25) is 0 Å². The standard InChI is InChI=1S/C15H31NO5/c1-6-16-15(3,14(17)19-5)12-13(2)21-11-10-20-9-7-8-18-4/h13,16H,6-12H2,1-5H3. The van der Waals surface area contributed by atoms with Crippen LogP contribution in [0.15, 0.2) is 0 Å². The molecule has 0 amide bonds. The number of nitrogens with one attached hydrogen (secondary N) is 1. The van der Waals surface area contributed by atoms with Crippen molar-refractivity contribution in [3.63, 3.8) is 0 Å². The molecular formula is C15H31NO5. The summed E-state index contributed by atoms with van der Waals surface area (Å²) in [7, 11) is 3.07. The zero-order valence-electron chi connectivity index (χ0n) is 14.1. The molecule has 1 N–H and O–H groups in total. The number of hydrogen-bond donors (Lipinski definition) is 1. The Morgan fingerprint density at radius 1 is 1.19 bits per heavy atom. The lowest BCUT2D eigenvalue weighted by Crippen LogP contribution is -2.52. The molecular weight excluding hydrogens is 274 g/mol. The Kier molecular flexibility index (Phi) is 11.5. The molecule has 0 aliphatic carbocycles. The van der Waals surface area contributed by atoms with E-state index in [1.807, 2.05) is 20.8 Å². The molecule has 0 aromatic heterocycles. The minimum absolute atomic E-state index is 0.0595. The summed E-state index contributed by atoms with van der Waals surface area (Å²) in [6.07, 6.45) is 1.38. The largest absolute Gasteiger partial charge is 0.468 e. The Balaban J connectivity index is 3.93. The van der Waals surface area contributed by atoms with Gasteiger partial charge < -0.3 is 24.3 Å². The van der Waals surface area contributed by atoms with Crippen LogP contribution in [0.25, 0.3) is 0 Å². The minimum atomic E-state index is -0.720. The van der Waals surface area contributed by atoms with Crippen molar-refractivity contribution in [1.82, 2.24) is 5.32 Å². The highest BCUT2D eigenvalue weighted by molar-refractivity contribution is 5.80. The Morgan fingerprint density at radius 3 is 2.48 bits per heavy atom. The van der Waals surface area contributed by atoms with Crippen LogP contribution in [0.2, 0.25) is 0 Å². The van der Waals surface area contributed by atoms with Crippen molar-refractivity contribution in [2.24, 2.45) is 0 Å². The highest BCUT2D eigenvalue weighted by atomic mass is 16.5. The van der Waals surface area contributed by atoms with Crippen LogP contribution in [0.3, 0.4) is 0 Å². The van der Waals surface area contributed by atoms with E-state index in [-0.39, 0.29) is 12.1 Å². The van der Waals surface area contributed by atoms with Gasteiger partial charge in [0.25, 0.3) is 0 Å². The quantitative estimate of drug-likeness (QED) is 0.409. The molecule has 126 valence electrons. The van der Waals surface area contributed by atoms with Crippen molar-refractivity contribution < 1.29 is 23.7 Å². The first kappa shape index (κ1) is 20.3. The van der Waals surface area contributed by atoms with Gasteiger partial charge in [-0.15, -0.1) is 0 Å². The third-order valence-corrected chi connectivity index (χ3v) is 3.17. The molecule has 0 radical (unpaired) electrons. The molecule has 2 atom stereocenters. The highest BCUT2D eigenvalue weighted by Crippen LogP contribution is 2.16. The van der Waals surface area contributed by atoms with Crippen LogP contribution in [0.1, 0.15) is 33.6 Å². The summed E-state index contributed by atoms with van der Waals surface area (Å²) in [6.45, 7) is 8.87. The first-order chi connectivity index (χ1) is 10.00. The van der Waals surface area contributed by atoms with Gasteiger partial charge in [-0.25, -0.2) is 0 Å². The number of carbonyl (C=O) groups is 1. The fourth-order valence-corrected chi connectivity index (χ4v) is 2.19. The van der Waals surface area contributed by atoms with Crippen molar-refractivity contribution >= 4 is 5.97 Å². The van der Waals surface area contributed by atoms with Gasteiger partial charge in [-0.3, -0.25) is 4.79 Å². The summed E-state index contributed by atoms with van der Waals surface area (Å²) in [6, 6.07) is 0. The average Bonchev–Trinajstić information content (AvgIpc) is 2.45. The monoisotopic (exact) mass is 305 g/mol. The van der Waals surface area contributed by atoms with E-state index >= 15 is 0 Å². The van der Waals surface area contributed by atoms with Crippen molar-refractivity contribution in [3.05, 3.63) is 0 Å². The minimum Gasteiger partial charge on any atom is -0.468 e. The number of esters is 1. The molecule has 6 nitrogen and oxygen atoms in total. The Bertz CT molecular complexity index is 275. The Hall–Kier alpha value is -0.690. The van der Waals surface area contributed by atoms with Crippen LogP contribution in [0.5, 0.6) is 0 Å². The lowest BCUT2D eigenvalue weighted by molar-refractivity contribution is -0.149. The van der Waals surface area contributed by atoms with E-state index in [1.54, 1.807) is 7.11 Å². The van der Waals surface area contributed by atoms with E-state index in [4.69, 9.17) is 18.9 Å². The number of likely N-dealkylation sites (N-methyl/N-ethyl adjacent to an activating group) is 1. The number of hydrogen-bond acceptors (Lipinski definition) is 6. The lowest BCUT2D eigenvalue weighted by Gasteiger charge is -2.30. The second-order valence-corrected chi connectivity index (χ2v) is 5.20.